The molecule has 28 heavy (non-hydrogen) atoms. The second-order valence-corrected chi connectivity index (χ2v) is 7.29. The van der Waals surface area contributed by atoms with Crippen molar-refractivity contribution in [2.45, 2.75) is 6.61 Å². The molecule has 0 spiro atoms. The third kappa shape index (κ3) is 4.05. The molecule has 8 heteroatoms. The summed E-state index contributed by atoms with van der Waals surface area (Å²) in [5.74, 6) is 0.455. The minimum atomic E-state index is -0.224. The maximum Gasteiger partial charge on any atom is 0.265 e. The number of pyridine rings is 1. The van der Waals surface area contributed by atoms with Crippen molar-refractivity contribution >= 4 is 40.2 Å². The van der Waals surface area contributed by atoms with Crippen LogP contribution < -0.4 is 15.6 Å². The van der Waals surface area contributed by atoms with Crippen molar-refractivity contribution < 1.29 is 9.53 Å². The van der Waals surface area contributed by atoms with Gasteiger partial charge in [0, 0.05) is 18.0 Å². The second kappa shape index (κ2) is 7.84. The Labute approximate surface area is 169 Å². The summed E-state index contributed by atoms with van der Waals surface area (Å²) in [6, 6.07) is 15.4. The number of nitrogens with zero attached hydrogens (tertiary/aromatic N) is 2. The van der Waals surface area contributed by atoms with E-state index in [-0.39, 0.29) is 18.1 Å². The van der Waals surface area contributed by atoms with Crippen LogP contribution in [0.5, 0.6) is 5.75 Å². The Morgan fingerprint density at radius 3 is 2.75 bits per heavy atom. The third-order valence-electron chi connectivity index (χ3n) is 3.92. The Morgan fingerprint density at radius 2 is 2.00 bits per heavy atom. The van der Waals surface area contributed by atoms with Gasteiger partial charge in [-0.2, -0.15) is 0 Å². The van der Waals surface area contributed by atoms with E-state index in [1.54, 1.807) is 42.5 Å². The number of rotatable bonds is 5. The van der Waals surface area contributed by atoms with E-state index in [4.69, 9.17) is 16.3 Å². The smallest absolute Gasteiger partial charge is 0.265 e. The lowest BCUT2D eigenvalue weighted by Crippen LogP contribution is -2.16. The number of ether oxygens (including phenoxy) is 1. The van der Waals surface area contributed by atoms with Gasteiger partial charge in [0.25, 0.3) is 11.5 Å². The van der Waals surface area contributed by atoms with E-state index in [0.29, 0.717) is 32.7 Å². The number of hydrogen-bond donors (Lipinski definition) is 1. The fourth-order valence-electron chi connectivity index (χ4n) is 2.59. The molecule has 0 aliphatic heterocycles. The fraction of sp³-hybridized carbons (Fsp3) is 0.0500. The molecule has 3 heterocycles. The SMILES string of the molecule is O=C(Nc1ccc(OCc2cc(=O)n3cc(Cl)ccc3n2)cc1)c1cccs1. The van der Waals surface area contributed by atoms with Crippen LogP contribution in [0.3, 0.4) is 0 Å². The quantitative estimate of drug-likeness (QED) is 0.533. The molecule has 0 radical (unpaired) electrons. The van der Waals surface area contributed by atoms with Gasteiger partial charge in [0.2, 0.25) is 0 Å². The molecule has 1 amide bonds. The van der Waals surface area contributed by atoms with Gasteiger partial charge in [-0.3, -0.25) is 14.0 Å². The number of fused-ring (bicyclic) bond motifs is 1. The summed E-state index contributed by atoms with van der Waals surface area (Å²) >= 11 is 7.29. The van der Waals surface area contributed by atoms with Crippen LogP contribution in [-0.4, -0.2) is 15.3 Å². The van der Waals surface area contributed by atoms with Crippen molar-refractivity contribution in [1.29, 1.82) is 0 Å². The zero-order valence-electron chi connectivity index (χ0n) is 14.5. The van der Waals surface area contributed by atoms with Crippen LogP contribution in [-0.2, 0) is 6.61 Å². The van der Waals surface area contributed by atoms with Crippen LogP contribution in [0.15, 0.2) is 71.0 Å². The standard InChI is InChI=1S/C20H14ClN3O3S/c21-13-3-8-18-22-15(10-19(25)24(18)11-13)12-27-16-6-4-14(5-7-16)23-20(26)17-2-1-9-28-17/h1-11H,12H2,(H,23,26). The first kappa shape index (κ1) is 18.2. The van der Waals surface area contributed by atoms with Crippen molar-refractivity contribution in [3.8, 4) is 5.75 Å². The summed E-state index contributed by atoms with van der Waals surface area (Å²) in [4.78, 5) is 29.3. The number of hydrogen-bond acceptors (Lipinski definition) is 5. The number of carbonyl (C=O) groups is 1. The second-order valence-electron chi connectivity index (χ2n) is 5.91. The van der Waals surface area contributed by atoms with E-state index in [2.05, 4.69) is 10.3 Å². The molecule has 4 aromatic rings. The number of amides is 1. The molecule has 140 valence electrons. The third-order valence-corrected chi connectivity index (χ3v) is 5.01. The zero-order chi connectivity index (χ0) is 19.5. The predicted octanol–water partition coefficient (Wildman–Crippen LogP) is 4.24. The Morgan fingerprint density at radius 1 is 1.18 bits per heavy atom. The molecule has 0 saturated heterocycles. The lowest BCUT2D eigenvalue weighted by molar-refractivity contribution is 0.103. The van der Waals surface area contributed by atoms with Gasteiger partial charge in [-0.1, -0.05) is 17.7 Å². The molecule has 0 fully saturated rings. The van der Waals surface area contributed by atoms with E-state index in [1.165, 1.54) is 28.0 Å². The van der Waals surface area contributed by atoms with Crippen LogP contribution >= 0.6 is 22.9 Å². The van der Waals surface area contributed by atoms with Gasteiger partial charge in [0.15, 0.2) is 0 Å². The van der Waals surface area contributed by atoms with Crippen LogP contribution in [0.4, 0.5) is 5.69 Å². The maximum atomic E-state index is 12.2. The number of carbonyl (C=O) groups excluding carboxylic acids is 1. The minimum Gasteiger partial charge on any atom is -0.487 e. The Kier molecular flexibility index (Phi) is 5.10. The first-order chi connectivity index (χ1) is 13.6. The molecule has 1 N–H and O–H groups in total. The van der Waals surface area contributed by atoms with E-state index in [9.17, 15) is 9.59 Å². The first-order valence-electron chi connectivity index (χ1n) is 8.34. The average Bonchev–Trinajstić information content (AvgIpc) is 3.23. The molecule has 0 atom stereocenters. The van der Waals surface area contributed by atoms with E-state index < -0.39 is 0 Å². The Balaban J connectivity index is 1.42. The molecule has 0 aliphatic rings. The van der Waals surface area contributed by atoms with Gasteiger partial charge >= 0.3 is 0 Å². The monoisotopic (exact) mass is 411 g/mol. The number of benzene rings is 1. The highest BCUT2D eigenvalue weighted by molar-refractivity contribution is 7.12. The molecule has 0 unspecified atom stereocenters. The van der Waals surface area contributed by atoms with Gasteiger partial charge in [-0.15, -0.1) is 11.3 Å². The molecular weight excluding hydrogens is 398 g/mol. The summed E-state index contributed by atoms with van der Waals surface area (Å²) < 4.78 is 7.09. The molecule has 0 saturated carbocycles. The lowest BCUT2D eigenvalue weighted by atomic mass is 10.3. The topological polar surface area (TPSA) is 72.7 Å². The van der Waals surface area contributed by atoms with Crippen LogP contribution in [0.1, 0.15) is 15.4 Å². The van der Waals surface area contributed by atoms with Crippen molar-refractivity contribution in [3.05, 3.63) is 92.1 Å². The number of anilines is 1. The highest BCUT2D eigenvalue weighted by Gasteiger charge is 2.07. The summed E-state index contributed by atoms with van der Waals surface area (Å²) in [6.07, 6.45) is 1.53. The highest BCUT2D eigenvalue weighted by Crippen LogP contribution is 2.18. The summed E-state index contributed by atoms with van der Waals surface area (Å²) in [5, 5.41) is 5.14. The van der Waals surface area contributed by atoms with Crippen molar-refractivity contribution in [2.24, 2.45) is 0 Å². The van der Waals surface area contributed by atoms with Gasteiger partial charge in [0.05, 0.1) is 15.6 Å². The van der Waals surface area contributed by atoms with Crippen LogP contribution in [0, 0.1) is 0 Å². The molecule has 3 aromatic heterocycles. The predicted molar refractivity (Wildman–Crippen MR) is 110 cm³/mol. The van der Waals surface area contributed by atoms with Crippen molar-refractivity contribution in [2.75, 3.05) is 5.32 Å². The largest absolute Gasteiger partial charge is 0.487 e. The molecule has 0 bridgehead atoms. The Bertz CT molecular complexity index is 1190. The number of halogens is 1. The van der Waals surface area contributed by atoms with Crippen molar-refractivity contribution in [1.82, 2.24) is 9.38 Å². The zero-order valence-corrected chi connectivity index (χ0v) is 16.0. The molecule has 1 aromatic carbocycles. The summed E-state index contributed by atoms with van der Waals surface area (Å²) in [5.41, 5.74) is 1.46. The normalized spacial score (nSPS) is 10.8. The fourth-order valence-corrected chi connectivity index (χ4v) is 3.37. The van der Waals surface area contributed by atoms with E-state index in [1.807, 2.05) is 11.4 Å². The number of aromatic nitrogens is 2. The number of thiophene rings is 1. The van der Waals surface area contributed by atoms with Crippen LogP contribution in [0.2, 0.25) is 5.02 Å². The molecule has 6 nitrogen and oxygen atoms in total. The van der Waals surface area contributed by atoms with E-state index >= 15 is 0 Å². The van der Waals surface area contributed by atoms with Crippen molar-refractivity contribution in [3.63, 3.8) is 0 Å². The lowest BCUT2D eigenvalue weighted by Gasteiger charge is -2.08. The summed E-state index contributed by atoms with van der Waals surface area (Å²) in [6.45, 7) is 0.148. The highest BCUT2D eigenvalue weighted by atomic mass is 35.5. The first-order valence-corrected chi connectivity index (χ1v) is 9.60. The summed E-state index contributed by atoms with van der Waals surface area (Å²) in [7, 11) is 0. The Hall–Kier alpha value is -3.16. The molecule has 4 rings (SSSR count). The van der Waals surface area contributed by atoms with Gasteiger partial charge in [0.1, 0.15) is 18.0 Å². The maximum absolute atomic E-state index is 12.2. The van der Waals surface area contributed by atoms with Crippen LogP contribution in [0.25, 0.3) is 5.65 Å². The number of nitrogens with one attached hydrogen (secondary N) is 1. The average molecular weight is 412 g/mol. The molecular formula is C20H14ClN3O3S. The van der Waals surface area contributed by atoms with Gasteiger partial charge in [-0.25, -0.2) is 4.98 Å². The van der Waals surface area contributed by atoms with E-state index in [0.717, 1.165) is 0 Å². The molecule has 0 aliphatic carbocycles. The van der Waals surface area contributed by atoms with Gasteiger partial charge in [-0.05, 0) is 47.8 Å². The minimum absolute atomic E-state index is 0.148. The van der Waals surface area contributed by atoms with Gasteiger partial charge < -0.3 is 10.1 Å².